The highest BCUT2D eigenvalue weighted by Gasteiger charge is 2.21. The second kappa shape index (κ2) is 7.36. The minimum atomic E-state index is -0.743. The van der Waals surface area contributed by atoms with Crippen molar-refractivity contribution in [3.05, 3.63) is 30.1 Å². The fraction of sp³-hybridized carbons (Fsp3) is 0.294. The van der Waals surface area contributed by atoms with Crippen molar-refractivity contribution >= 4 is 29.1 Å². The van der Waals surface area contributed by atoms with Gasteiger partial charge in [-0.25, -0.2) is 9.97 Å². The first-order chi connectivity index (χ1) is 12.8. The molecule has 0 spiro atoms. The van der Waals surface area contributed by atoms with Crippen LogP contribution in [0, 0.1) is 5.92 Å². The van der Waals surface area contributed by atoms with E-state index >= 15 is 0 Å². The molecule has 1 aromatic carbocycles. The molecular weight excluding hydrogens is 352 g/mol. The van der Waals surface area contributed by atoms with Crippen LogP contribution < -0.4 is 31.6 Å². The van der Waals surface area contributed by atoms with Gasteiger partial charge in [-0.05, 0) is 18.1 Å². The molecule has 1 aliphatic rings. The average Bonchev–Trinajstić information content (AvgIpc) is 3.06. The lowest BCUT2D eigenvalue weighted by Gasteiger charge is -2.20. The van der Waals surface area contributed by atoms with Crippen LogP contribution in [0.2, 0.25) is 0 Å². The van der Waals surface area contributed by atoms with Gasteiger partial charge in [0.1, 0.15) is 11.9 Å². The Hall–Kier alpha value is -3.56. The summed E-state index contributed by atoms with van der Waals surface area (Å²) in [5, 5.41) is 5.92. The molecule has 10 heteroatoms. The lowest BCUT2D eigenvalue weighted by Crippen LogP contribution is -2.39. The topological polar surface area (TPSA) is 154 Å². The summed E-state index contributed by atoms with van der Waals surface area (Å²) in [4.78, 5) is 31.7. The Morgan fingerprint density at radius 1 is 1.19 bits per heavy atom. The molecule has 6 N–H and O–H groups in total. The second-order valence-electron chi connectivity index (χ2n) is 6.28. The minimum absolute atomic E-state index is 0.0432. The van der Waals surface area contributed by atoms with Crippen molar-refractivity contribution in [2.24, 2.45) is 17.4 Å². The molecule has 1 atom stereocenters. The van der Waals surface area contributed by atoms with Crippen LogP contribution >= 0.6 is 0 Å². The van der Waals surface area contributed by atoms with Gasteiger partial charge in [0.15, 0.2) is 23.0 Å². The molecule has 0 saturated heterocycles. The van der Waals surface area contributed by atoms with Crippen LogP contribution in [0.15, 0.2) is 24.4 Å². The Bertz CT molecular complexity index is 886. The molecule has 0 saturated carbocycles. The van der Waals surface area contributed by atoms with Crippen molar-refractivity contribution in [2.75, 3.05) is 17.4 Å². The fourth-order valence-corrected chi connectivity index (χ4v) is 2.56. The van der Waals surface area contributed by atoms with Crippen LogP contribution in [0.5, 0.6) is 11.5 Å². The maximum Gasteiger partial charge on any atom is 0.271 e. The number of nitrogens with zero attached hydrogens (tertiary/aromatic N) is 2. The van der Waals surface area contributed by atoms with Gasteiger partial charge < -0.3 is 31.6 Å². The highest BCUT2D eigenvalue weighted by atomic mass is 16.7. The summed E-state index contributed by atoms with van der Waals surface area (Å²) < 4.78 is 10.6. The third-order valence-electron chi connectivity index (χ3n) is 3.92. The molecular formula is C17H20N6O4. The van der Waals surface area contributed by atoms with E-state index in [9.17, 15) is 9.59 Å². The van der Waals surface area contributed by atoms with E-state index in [1.165, 1.54) is 6.20 Å². The predicted octanol–water partition coefficient (Wildman–Crippen LogP) is 0.970. The van der Waals surface area contributed by atoms with Gasteiger partial charge in [0.25, 0.3) is 5.91 Å². The van der Waals surface area contributed by atoms with Crippen molar-refractivity contribution in [3.8, 4) is 11.5 Å². The molecule has 142 valence electrons. The number of anilines is 3. The van der Waals surface area contributed by atoms with Gasteiger partial charge >= 0.3 is 0 Å². The number of fused-ring (bicyclic) bond motifs is 1. The highest BCUT2D eigenvalue weighted by molar-refractivity contribution is 5.96. The van der Waals surface area contributed by atoms with Crippen LogP contribution in [0.3, 0.4) is 0 Å². The summed E-state index contributed by atoms with van der Waals surface area (Å²) in [7, 11) is 0. The molecule has 2 heterocycles. The lowest BCUT2D eigenvalue weighted by atomic mass is 10.0. The maximum atomic E-state index is 11.7. The molecule has 0 radical (unpaired) electrons. The Kier molecular flexibility index (Phi) is 4.97. The zero-order chi connectivity index (χ0) is 19.6. The number of hydrogen-bond donors (Lipinski definition) is 4. The molecule has 10 nitrogen and oxygen atoms in total. The first kappa shape index (κ1) is 18.2. The number of primary amides is 2. The number of rotatable bonds is 7. The van der Waals surface area contributed by atoms with Crippen LogP contribution in [-0.4, -0.2) is 34.6 Å². The van der Waals surface area contributed by atoms with E-state index < -0.39 is 17.9 Å². The van der Waals surface area contributed by atoms with Crippen molar-refractivity contribution in [2.45, 2.75) is 19.9 Å². The summed E-state index contributed by atoms with van der Waals surface area (Å²) in [5.41, 5.74) is 11.4. The Morgan fingerprint density at radius 3 is 2.59 bits per heavy atom. The standard InChI is InChI=1S/C17H20N6O4/c1-8(2)13(15(18)24)22-12-6-20-14(16(19)25)17(23-12)21-9-3-4-10-11(5-9)27-7-26-10/h3-6,8,13H,7H2,1-2H3,(H2,18,24)(H2,19,25)(H2,21,22,23)/t13-/m1/s1. The van der Waals surface area contributed by atoms with Crippen molar-refractivity contribution < 1.29 is 19.1 Å². The number of nitrogens with two attached hydrogens (primary N) is 2. The van der Waals surface area contributed by atoms with Crippen molar-refractivity contribution in [3.63, 3.8) is 0 Å². The van der Waals surface area contributed by atoms with Gasteiger partial charge in [-0.2, -0.15) is 0 Å². The maximum absolute atomic E-state index is 11.7. The van der Waals surface area contributed by atoms with Crippen molar-refractivity contribution in [1.82, 2.24) is 9.97 Å². The normalized spacial score (nSPS) is 13.3. The van der Waals surface area contributed by atoms with E-state index in [1.807, 2.05) is 13.8 Å². The van der Waals surface area contributed by atoms with Crippen LogP contribution in [0.4, 0.5) is 17.3 Å². The van der Waals surface area contributed by atoms with E-state index in [4.69, 9.17) is 20.9 Å². The summed E-state index contributed by atoms with van der Waals surface area (Å²) >= 11 is 0. The molecule has 0 unspecified atom stereocenters. The van der Waals surface area contributed by atoms with Gasteiger partial charge in [-0.15, -0.1) is 0 Å². The molecule has 27 heavy (non-hydrogen) atoms. The lowest BCUT2D eigenvalue weighted by molar-refractivity contribution is -0.119. The molecule has 2 aromatic rings. The third kappa shape index (κ3) is 4.00. The van der Waals surface area contributed by atoms with Gasteiger partial charge in [0, 0.05) is 11.8 Å². The fourth-order valence-electron chi connectivity index (χ4n) is 2.56. The Morgan fingerprint density at radius 2 is 1.93 bits per heavy atom. The van der Waals surface area contributed by atoms with E-state index in [0.29, 0.717) is 17.2 Å². The Balaban J connectivity index is 1.90. The second-order valence-corrected chi connectivity index (χ2v) is 6.28. The zero-order valence-electron chi connectivity index (χ0n) is 14.9. The third-order valence-corrected chi connectivity index (χ3v) is 3.92. The number of benzene rings is 1. The number of ether oxygens (including phenoxy) is 2. The SMILES string of the molecule is CC(C)[C@@H](Nc1cnc(C(N)=O)c(Nc2ccc3c(c2)OCO3)n1)C(N)=O. The van der Waals surface area contributed by atoms with Gasteiger partial charge in [0.2, 0.25) is 12.7 Å². The number of amides is 2. The molecule has 0 fully saturated rings. The molecule has 3 rings (SSSR count). The average molecular weight is 372 g/mol. The van der Waals surface area contributed by atoms with Gasteiger partial charge in [0.05, 0.1) is 6.20 Å². The first-order valence-corrected chi connectivity index (χ1v) is 8.24. The first-order valence-electron chi connectivity index (χ1n) is 8.24. The van der Waals surface area contributed by atoms with E-state index in [-0.39, 0.29) is 30.0 Å². The molecule has 0 aliphatic carbocycles. The molecule has 2 amide bonds. The quantitative estimate of drug-likeness (QED) is 0.560. The molecule has 0 bridgehead atoms. The summed E-state index contributed by atoms with van der Waals surface area (Å²) in [6.07, 6.45) is 1.32. The van der Waals surface area contributed by atoms with Gasteiger partial charge in [-0.1, -0.05) is 13.8 Å². The number of hydrogen-bond acceptors (Lipinski definition) is 8. The minimum Gasteiger partial charge on any atom is -0.454 e. The van der Waals surface area contributed by atoms with Crippen LogP contribution in [-0.2, 0) is 4.79 Å². The van der Waals surface area contributed by atoms with E-state index in [1.54, 1.807) is 18.2 Å². The van der Waals surface area contributed by atoms with Crippen LogP contribution in [0.1, 0.15) is 24.3 Å². The number of aromatic nitrogens is 2. The summed E-state index contributed by atoms with van der Waals surface area (Å²) in [6.45, 7) is 3.84. The summed E-state index contributed by atoms with van der Waals surface area (Å²) in [6, 6.07) is 4.53. The predicted molar refractivity (Wildman–Crippen MR) is 97.8 cm³/mol. The number of carbonyl (C=O) groups excluding carboxylic acids is 2. The highest BCUT2D eigenvalue weighted by Crippen LogP contribution is 2.35. The Labute approximate surface area is 155 Å². The van der Waals surface area contributed by atoms with Crippen molar-refractivity contribution in [1.29, 1.82) is 0 Å². The molecule has 1 aliphatic heterocycles. The molecule has 1 aromatic heterocycles. The van der Waals surface area contributed by atoms with E-state index in [0.717, 1.165) is 0 Å². The number of nitrogens with one attached hydrogen (secondary N) is 2. The largest absolute Gasteiger partial charge is 0.454 e. The van der Waals surface area contributed by atoms with Gasteiger partial charge in [-0.3, -0.25) is 9.59 Å². The summed E-state index contributed by atoms with van der Waals surface area (Å²) in [5.74, 6) is 0.281. The zero-order valence-corrected chi connectivity index (χ0v) is 14.9. The van der Waals surface area contributed by atoms with E-state index in [2.05, 4.69) is 20.6 Å². The monoisotopic (exact) mass is 372 g/mol. The smallest absolute Gasteiger partial charge is 0.271 e. The van der Waals surface area contributed by atoms with Crippen LogP contribution in [0.25, 0.3) is 0 Å². The number of carbonyl (C=O) groups is 2.